The van der Waals surface area contributed by atoms with Gasteiger partial charge in [-0.1, -0.05) is 13.8 Å². The number of aliphatic imine (C=N–C) groups is 3. The van der Waals surface area contributed by atoms with E-state index in [4.69, 9.17) is 15.0 Å². The fourth-order valence-electron chi connectivity index (χ4n) is 6.21. The van der Waals surface area contributed by atoms with Crippen LogP contribution < -0.4 is 10.6 Å². The number of ketones is 1. The summed E-state index contributed by atoms with van der Waals surface area (Å²) in [6, 6.07) is 0. The zero-order valence-corrected chi connectivity index (χ0v) is 27.0. The Morgan fingerprint density at radius 1 is 0.674 bits per heavy atom. The molecule has 0 radical (unpaired) electrons. The van der Waals surface area contributed by atoms with Crippen LogP contribution in [0.1, 0.15) is 84.4 Å². The minimum Gasteiger partial charge on any atom is -0.512 e. The molecule has 0 unspecified atom stereocenters. The number of allylic oxidation sites excluding steroid dienone is 8. The summed E-state index contributed by atoms with van der Waals surface area (Å²) in [4.78, 5) is 54.6. The van der Waals surface area contributed by atoms with Gasteiger partial charge in [-0.15, -0.1) is 0 Å². The van der Waals surface area contributed by atoms with Gasteiger partial charge >= 0.3 is 11.9 Å². The lowest BCUT2D eigenvalue weighted by atomic mass is 9.96. The number of carbonyl (C=O) groups is 3. The molecular weight excluding hydrogens is 584 g/mol. The number of aromatic nitrogens is 1. The molecule has 10 nitrogen and oxygen atoms in total. The summed E-state index contributed by atoms with van der Waals surface area (Å²) in [5.74, 6) is -1.72. The van der Waals surface area contributed by atoms with Crippen LogP contribution in [0.15, 0.2) is 77.7 Å². The second-order valence-electron chi connectivity index (χ2n) is 11.7. The molecule has 0 saturated heterocycles. The summed E-state index contributed by atoms with van der Waals surface area (Å²) in [5, 5.41) is 31.3. The summed E-state index contributed by atoms with van der Waals surface area (Å²) in [6.07, 6.45) is 8.28. The molecule has 5 rings (SSSR count). The number of aliphatic hydroxyl groups excluding tert-OH is 1. The lowest BCUT2D eigenvalue weighted by Crippen LogP contribution is -2.28. The van der Waals surface area contributed by atoms with Crippen molar-refractivity contribution >= 4 is 52.8 Å². The number of nitrogens with one attached hydrogen (secondary N) is 1. The number of hydrogen-bond donors (Lipinski definition) is 4. The third-order valence-corrected chi connectivity index (χ3v) is 8.86. The van der Waals surface area contributed by atoms with Gasteiger partial charge in [-0.2, -0.15) is 0 Å². The Balaban J connectivity index is 1.87. The van der Waals surface area contributed by atoms with Crippen LogP contribution in [-0.2, 0) is 14.4 Å². The van der Waals surface area contributed by atoms with E-state index in [9.17, 15) is 29.7 Å². The van der Waals surface area contributed by atoms with Crippen LogP contribution in [0.5, 0.6) is 0 Å². The highest BCUT2D eigenvalue weighted by Crippen LogP contribution is 2.36. The standard InChI is InChI=1S/C36H38N4O6/c1-7-31(41)35-19(5)25-13-23-17(3)21(9-11-33(43)44)27(37-23)16-28-22(10-12-34(45)46)18(4)24(38-28)14-29-36(32(42)8-2)20(6)26(40-29)15-30(35)39-25/h13-16,40,42H,7-12H2,1-6H3,(H,43,44)(H,45,46)/b23-13?,28-16?,29-14?,30-15?,36-32-. The number of fused-ring (bicyclic) bond motifs is 5. The fraction of sp³-hybridized carbons (Fsp3) is 0.333. The van der Waals surface area contributed by atoms with E-state index in [2.05, 4.69) is 4.98 Å². The van der Waals surface area contributed by atoms with Gasteiger partial charge in [0.15, 0.2) is 5.78 Å². The summed E-state index contributed by atoms with van der Waals surface area (Å²) >= 11 is 0. The molecule has 4 aliphatic rings. The number of aliphatic hydroxyl groups is 1. The lowest BCUT2D eigenvalue weighted by Gasteiger charge is -2.07. The molecule has 0 aliphatic carbocycles. The molecule has 0 saturated carbocycles. The van der Waals surface area contributed by atoms with Crippen molar-refractivity contribution in [2.24, 2.45) is 15.0 Å². The molecule has 4 N–H and O–H groups in total. The van der Waals surface area contributed by atoms with E-state index in [0.717, 1.165) is 33.4 Å². The van der Waals surface area contributed by atoms with Gasteiger partial charge in [0.25, 0.3) is 0 Å². The summed E-state index contributed by atoms with van der Waals surface area (Å²) in [5.41, 5.74) is 9.22. The molecule has 0 amide bonds. The van der Waals surface area contributed by atoms with E-state index in [1.54, 1.807) is 6.08 Å². The van der Waals surface area contributed by atoms with Crippen molar-refractivity contribution in [3.63, 3.8) is 0 Å². The van der Waals surface area contributed by atoms with Gasteiger partial charge in [0.05, 0.1) is 39.6 Å². The topological polar surface area (TPSA) is 165 Å². The SMILES string of the molecule is CCC(=O)C1=C(C)C2=NC1=Cc1[nH]c(/c(=C(\O)CC)c1C)=CC1=NC(=CC3=NC(=C2)C(C)=C3CCC(=O)O)C(CCC(=O)O)=C1C. The van der Waals surface area contributed by atoms with Gasteiger partial charge in [-0.3, -0.25) is 14.4 Å². The summed E-state index contributed by atoms with van der Waals surface area (Å²) in [6.45, 7) is 11.2. The van der Waals surface area contributed by atoms with E-state index in [-0.39, 0.29) is 37.2 Å². The predicted molar refractivity (Wildman–Crippen MR) is 179 cm³/mol. The van der Waals surface area contributed by atoms with Crippen molar-refractivity contribution in [2.75, 3.05) is 0 Å². The number of hydrogen-bond acceptors (Lipinski definition) is 7. The first-order valence-electron chi connectivity index (χ1n) is 15.5. The Hall–Kier alpha value is -5.12. The van der Waals surface area contributed by atoms with Crippen molar-refractivity contribution in [1.82, 2.24) is 4.98 Å². The summed E-state index contributed by atoms with van der Waals surface area (Å²) in [7, 11) is 0. The van der Waals surface area contributed by atoms with Crippen molar-refractivity contribution < 1.29 is 29.7 Å². The van der Waals surface area contributed by atoms with E-state index in [1.165, 1.54) is 0 Å². The van der Waals surface area contributed by atoms with Gasteiger partial charge in [0, 0.05) is 42.2 Å². The molecule has 1 aromatic rings. The normalized spacial score (nSPS) is 18.1. The van der Waals surface area contributed by atoms with Crippen LogP contribution in [0.25, 0.3) is 17.9 Å². The minimum atomic E-state index is -0.934. The van der Waals surface area contributed by atoms with Gasteiger partial charge in [-0.05, 0) is 98.3 Å². The van der Waals surface area contributed by atoms with Crippen LogP contribution >= 0.6 is 0 Å². The summed E-state index contributed by atoms with van der Waals surface area (Å²) < 4.78 is 0. The van der Waals surface area contributed by atoms with Crippen molar-refractivity contribution in [3.05, 3.63) is 84.5 Å². The number of carbonyl (C=O) groups excluding carboxylic acids is 1. The molecule has 46 heavy (non-hydrogen) atoms. The van der Waals surface area contributed by atoms with E-state index in [1.807, 2.05) is 59.8 Å². The van der Waals surface area contributed by atoms with Crippen LogP contribution in [0.2, 0.25) is 0 Å². The Kier molecular flexibility index (Phi) is 8.92. The molecule has 4 aliphatic heterocycles. The highest BCUT2D eigenvalue weighted by molar-refractivity contribution is 6.24. The molecule has 10 heteroatoms. The van der Waals surface area contributed by atoms with Crippen LogP contribution in [-0.4, -0.2) is 55.2 Å². The monoisotopic (exact) mass is 622 g/mol. The van der Waals surface area contributed by atoms with Crippen LogP contribution in [0, 0.1) is 6.92 Å². The number of aliphatic carboxylic acids is 2. The molecule has 0 atom stereocenters. The smallest absolute Gasteiger partial charge is 0.303 e. The third-order valence-electron chi connectivity index (χ3n) is 8.86. The fourth-order valence-corrected chi connectivity index (χ4v) is 6.21. The molecule has 0 aromatic carbocycles. The zero-order valence-electron chi connectivity index (χ0n) is 27.0. The lowest BCUT2D eigenvalue weighted by molar-refractivity contribution is -0.137. The van der Waals surface area contributed by atoms with Crippen molar-refractivity contribution in [3.8, 4) is 0 Å². The van der Waals surface area contributed by atoms with Crippen LogP contribution in [0.4, 0.5) is 0 Å². The Bertz CT molecular complexity index is 2020. The average Bonchev–Trinajstić information content (AvgIpc) is 3.67. The first-order chi connectivity index (χ1) is 21.8. The molecule has 238 valence electrons. The molecular formula is C36H38N4O6. The first kappa shape index (κ1) is 32.3. The minimum absolute atomic E-state index is 0.0472. The largest absolute Gasteiger partial charge is 0.512 e. The molecule has 1 aromatic heterocycles. The maximum atomic E-state index is 13.2. The Morgan fingerprint density at radius 3 is 1.89 bits per heavy atom. The van der Waals surface area contributed by atoms with Gasteiger partial charge in [-0.25, -0.2) is 15.0 Å². The number of carboxylic acids is 2. The number of H-pyrrole nitrogens is 1. The quantitative estimate of drug-likeness (QED) is 0.291. The highest BCUT2D eigenvalue weighted by Gasteiger charge is 2.29. The second kappa shape index (κ2) is 12.7. The predicted octanol–water partition coefficient (Wildman–Crippen LogP) is 5.32. The van der Waals surface area contributed by atoms with Crippen LogP contribution in [0.3, 0.4) is 0 Å². The number of aromatic amines is 1. The Labute approximate surface area is 266 Å². The second-order valence-corrected chi connectivity index (χ2v) is 11.7. The number of nitrogens with zero attached hydrogens (tertiary/aromatic N) is 3. The number of rotatable bonds is 9. The number of carboxylic acid groups (broad SMARTS) is 2. The molecule has 5 heterocycles. The average molecular weight is 623 g/mol. The maximum Gasteiger partial charge on any atom is 0.303 e. The van der Waals surface area contributed by atoms with Crippen molar-refractivity contribution in [2.45, 2.75) is 80.1 Å². The van der Waals surface area contributed by atoms with E-state index in [0.29, 0.717) is 68.9 Å². The van der Waals surface area contributed by atoms with Gasteiger partial charge in [0.1, 0.15) is 5.76 Å². The van der Waals surface area contributed by atoms with Gasteiger partial charge < -0.3 is 20.3 Å². The number of Topliss-reactive ketones (excluding diaryl/α,β-unsaturated/α-hetero) is 1. The molecule has 0 fully saturated rings. The van der Waals surface area contributed by atoms with Gasteiger partial charge in [0.2, 0.25) is 0 Å². The first-order valence-corrected chi connectivity index (χ1v) is 15.5. The highest BCUT2D eigenvalue weighted by atomic mass is 16.4. The maximum absolute atomic E-state index is 13.2. The van der Waals surface area contributed by atoms with Crippen molar-refractivity contribution in [1.29, 1.82) is 0 Å². The third kappa shape index (κ3) is 5.94. The van der Waals surface area contributed by atoms with E-state index < -0.39 is 11.9 Å². The van der Waals surface area contributed by atoms with E-state index >= 15 is 0 Å². The molecule has 8 bridgehead atoms. The zero-order chi connectivity index (χ0) is 33.4. The molecule has 0 spiro atoms. The Morgan fingerprint density at radius 2 is 1.26 bits per heavy atom.